The number of thiophene rings is 1. The average molecular weight is 361 g/mol. The molecule has 25 heavy (non-hydrogen) atoms. The number of rotatable bonds is 5. The summed E-state index contributed by atoms with van der Waals surface area (Å²) in [6.45, 7) is 3.11. The lowest BCUT2D eigenvalue weighted by molar-refractivity contribution is -0.124. The Balaban J connectivity index is 1.66. The Morgan fingerprint density at radius 1 is 1.40 bits per heavy atom. The van der Waals surface area contributed by atoms with Crippen LogP contribution in [0.2, 0.25) is 0 Å². The maximum absolute atomic E-state index is 12.2. The van der Waals surface area contributed by atoms with Crippen molar-refractivity contribution in [3.05, 3.63) is 50.8 Å². The number of nitrogens with one attached hydrogen (secondary N) is 2. The van der Waals surface area contributed by atoms with Crippen LogP contribution < -0.4 is 10.9 Å². The second-order valence-corrected chi connectivity index (χ2v) is 6.32. The first kappa shape index (κ1) is 16.9. The molecular formula is C16H15N3O5S. The number of furan rings is 1. The third kappa shape index (κ3) is 3.61. The number of aryl methyl sites for hydroxylation is 2. The van der Waals surface area contributed by atoms with Crippen LogP contribution in [0.1, 0.15) is 26.8 Å². The molecule has 0 aliphatic carbocycles. The van der Waals surface area contributed by atoms with Crippen molar-refractivity contribution in [2.45, 2.75) is 20.4 Å². The summed E-state index contributed by atoms with van der Waals surface area (Å²) >= 11 is 1.07. The van der Waals surface area contributed by atoms with E-state index in [-0.39, 0.29) is 17.0 Å². The normalized spacial score (nSPS) is 10.8. The number of carbonyl (C=O) groups is 2. The minimum Gasteiger partial charge on any atom is -0.467 e. The van der Waals surface area contributed by atoms with Crippen LogP contribution in [0.5, 0.6) is 0 Å². The van der Waals surface area contributed by atoms with Gasteiger partial charge >= 0.3 is 5.97 Å². The summed E-state index contributed by atoms with van der Waals surface area (Å²) in [5.41, 5.74) is 0.196. The number of hydrogen-bond donors (Lipinski definition) is 2. The molecule has 0 saturated carbocycles. The minimum absolute atomic E-state index is 0.212. The highest BCUT2D eigenvalue weighted by Crippen LogP contribution is 2.27. The molecular weight excluding hydrogens is 346 g/mol. The summed E-state index contributed by atoms with van der Waals surface area (Å²) in [6, 6.07) is 3.43. The van der Waals surface area contributed by atoms with E-state index in [1.165, 1.54) is 6.26 Å². The van der Waals surface area contributed by atoms with Crippen LogP contribution in [0.25, 0.3) is 10.2 Å². The first-order valence-corrected chi connectivity index (χ1v) is 8.23. The highest BCUT2D eigenvalue weighted by atomic mass is 32.1. The monoisotopic (exact) mass is 361 g/mol. The average Bonchev–Trinajstić information content (AvgIpc) is 3.18. The number of H-pyrrole nitrogens is 1. The Bertz CT molecular complexity index is 987. The molecule has 0 radical (unpaired) electrons. The van der Waals surface area contributed by atoms with Gasteiger partial charge < -0.3 is 19.5 Å². The summed E-state index contributed by atoms with van der Waals surface area (Å²) < 4.78 is 10.1. The maximum Gasteiger partial charge on any atom is 0.349 e. The van der Waals surface area contributed by atoms with Gasteiger partial charge in [-0.15, -0.1) is 11.3 Å². The van der Waals surface area contributed by atoms with Crippen LogP contribution in [0.4, 0.5) is 0 Å². The topological polar surface area (TPSA) is 114 Å². The Labute approximate surface area is 145 Å². The van der Waals surface area contributed by atoms with Gasteiger partial charge in [-0.05, 0) is 31.5 Å². The molecule has 3 rings (SSSR count). The summed E-state index contributed by atoms with van der Waals surface area (Å²) in [5, 5.41) is 2.94. The molecule has 0 aliphatic rings. The molecule has 1 amide bonds. The summed E-state index contributed by atoms with van der Waals surface area (Å²) in [7, 11) is 0. The van der Waals surface area contributed by atoms with E-state index >= 15 is 0 Å². The molecule has 9 heteroatoms. The van der Waals surface area contributed by atoms with Crippen molar-refractivity contribution >= 4 is 33.4 Å². The number of hydrogen-bond acceptors (Lipinski definition) is 7. The quantitative estimate of drug-likeness (QED) is 0.668. The van der Waals surface area contributed by atoms with Crippen LogP contribution in [-0.2, 0) is 16.1 Å². The van der Waals surface area contributed by atoms with Crippen molar-refractivity contribution in [3.8, 4) is 0 Å². The summed E-state index contributed by atoms with van der Waals surface area (Å²) in [5.74, 6) is -0.0438. The number of amides is 1. The molecule has 130 valence electrons. The van der Waals surface area contributed by atoms with Crippen molar-refractivity contribution in [2.75, 3.05) is 6.61 Å². The summed E-state index contributed by atoms with van der Waals surface area (Å²) in [6.07, 6.45) is 1.50. The van der Waals surface area contributed by atoms with Crippen molar-refractivity contribution in [1.29, 1.82) is 0 Å². The number of aromatic amines is 1. The van der Waals surface area contributed by atoms with E-state index in [4.69, 9.17) is 9.15 Å². The van der Waals surface area contributed by atoms with E-state index < -0.39 is 18.5 Å². The van der Waals surface area contributed by atoms with Gasteiger partial charge in [-0.3, -0.25) is 9.59 Å². The van der Waals surface area contributed by atoms with Crippen molar-refractivity contribution in [2.24, 2.45) is 0 Å². The molecule has 2 N–H and O–H groups in total. The van der Waals surface area contributed by atoms with Crippen molar-refractivity contribution in [3.63, 3.8) is 0 Å². The van der Waals surface area contributed by atoms with Gasteiger partial charge in [-0.2, -0.15) is 0 Å². The van der Waals surface area contributed by atoms with E-state index in [1.54, 1.807) is 26.0 Å². The molecule has 3 heterocycles. The fourth-order valence-electron chi connectivity index (χ4n) is 2.29. The van der Waals surface area contributed by atoms with Crippen LogP contribution in [0.15, 0.2) is 27.6 Å². The van der Waals surface area contributed by atoms with Crippen molar-refractivity contribution < 1.29 is 18.7 Å². The molecule has 0 saturated heterocycles. The number of nitrogens with zero attached hydrogens (tertiary/aromatic N) is 1. The first-order valence-electron chi connectivity index (χ1n) is 7.42. The largest absolute Gasteiger partial charge is 0.467 e. The first-order chi connectivity index (χ1) is 12.0. The second-order valence-electron chi connectivity index (χ2n) is 5.32. The van der Waals surface area contributed by atoms with Gasteiger partial charge in [0.2, 0.25) is 0 Å². The molecule has 8 nitrogen and oxygen atoms in total. The standard InChI is InChI=1S/C16H15N3O5S/c1-8-12-14(21)18-9(2)19-15(12)25-13(8)16(22)24-7-11(20)17-6-10-4-3-5-23-10/h3-5H,6-7H2,1-2H3,(H,17,20)(H,18,19,21). The number of fused-ring (bicyclic) bond motifs is 1. The molecule has 0 bridgehead atoms. The molecule has 0 aromatic carbocycles. The third-order valence-electron chi connectivity index (χ3n) is 3.48. The van der Waals surface area contributed by atoms with E-state index in [0.717, 1.165) is 11.3 Å². The predicted molar refractivity (Wildman–Crippen MR) is 90.6 cm³/mol. The Morgan fingerprint density at radius 2 is 2.20 bits per heavy atom. The SMILES string of the molecule is Cc1nc2sc(C(=O)OCC(=O)NCc3ccco3)c(C)c2c(=O)[nH]1. The number of ether oxygens (including phenoxy) is 1. The van der Waals surface area contributed by atoms with E-state index in [1.807, 2.05) is 0 Å². The number of esters is 1. The Morgan fingerprint density at radius 3 is 2.92 bits per heavy atom. The van der Waals surface area contributed by atoms with Gasteiger partial charge in [0.25, 0.3) is 11.5 Å². The van der Waals surface area contributed by atoms with Crippen LogP contribution in [0.3, 0.4) is 0 Å². The smallest absolute Gasteiger partial charge is 0.349 e. The second kappa shape index (κ2) is 6.89. The number of aromatic nitrogens is 2. The summed E-state index contributed by atoms with van der Waals surface area (Å²) in [4.78, 5) is 43.5. The molecule has 3 aromatic rings. The van der Waals surface area contributed by atoms with Gasteiger partial charge in [-0.1, -0.05) is 0 Å². The van der Waals surface area contributed by atoms with E-state index in [2.05, 4.69) is 15.3 Å². The zero-order valence-electron chi connectivity index (χ0n) is 13.5. The molecule has 0 fully saturated rings. The van der Waals surface area contributed by atoms with Gasteiger partial charge in [0, 0.05) is 0 Å². The molecule has 0 aliphatic heterocycles. The van der Waals surface area contributed by atoms with E-state index in [9.17, 15) is 14.4 Å². The molecule has 0 unspecified atom stereocenters. The molecule has 0 atom stereocenters. The fourth-order valence-corrected chi connectivity index (χ4v) is 3.41. The van der Waals surface area contributed by atoms with Crippen LogP contribution in [0, 0.1) is 13.8 Å². The zero-order valence-corrected chi connectivity index (χ0v) is 14.4. The van der Waals surface area contributed by atoms with Crippen molar-refractivity contribution in [1.82, 2.24) is 15.3 Å². The maximum atomic E-state index is 12.2. The third-order valence-corrected chi connectivity index (χ3v) is 4.64. The highest BCUT2D eigenvalue weighted by molar-refractivity contribution is 7.20. The fraction of sp³-hybridized carbons (Fsp3) is 0.250. The lowest BCUT2D eigenvalue weighted by Gasteiger charge is -2.05. The predicted octanol–water partition coefficient (Wildman–Crippen LogP) is 1.67. The lowest BCUT2D eigenvalue weighted by Crippen LogP contribution is -2.28. The molecule has 0 spiro atoms. The van der Waals surface area contributed by atoms with Gasteiger partial charge in [0.05, 0.1) is 18.2 Å². The minimum atomic E-state index is -0.661. The number of carbonyl (C=O) groups excluding carboxylic acids is 2. The van der Waals surface area contributed by atoms with Crippen LogP contribution in [-0.4, -0.2) is 28.5 Å². The van der Waals surface area contributed by atoms with Crippen LogP contribution >= 0.6 is 11.3 Å². The highest BCUT2D eigenvalue weighted by Gasteiger charge is 2.20. The lowest BCUT2D eigenvalue weighted by atomic mass is 10.2. The van der Waals surface area contributed by atoms with E-state index in [0.29, 0.717) is 27.4 Å². The van der Waals surface area contributed by atoms with Gasteiger partial charge in [0.15, 0.2) is 6.61 Å². The van der Waals surface area contributed by atoms with Gasteiger partial charge in [-0.25, -0.2) is 9.78 Å². The Hall–Kier alpha value is -2.94. The Kier molecular flexibility index (Phi) is 4.66. The zero-order chi connectivity index (χ0) is 18.0. The van der Waals surface area contributed by atoms with Gasteiger partial charge in [0.1, 0.15) is 21.3 Å². The molecule has 3 aromatic heterocycles.